The maximum Gasteiger partial charge on any atom is 0.251 e. The van der Waals surface area contributed by atoms with E-state index in [4.69, 9.17) is 9.26 Å². The van der Waals surface area contributed by atoms with Gasteiger partial charge in [0.2, 0.25) is 11.7 Å². The van der Waals surface area contributed by atoms with Crippen molar-refractivity contribution in [2.24, 2.45) is 0 Å². The Hall–Kier alpha value is -3.72. The molecule has 1 saturated heterocycles. The molecule has 9 heteroatoms. The van der Waals surface area contributed by atoms with Crippen molar-refractivity contribution >= 4 is 5.91 Å². The van der Waals surface area contributed by atoms with E-state index in [0.717, 1.165) is 11.3 Å². The molecular formula is C23H22FN5O3. The molecule has 0 spiro atoms. The minimum atomic E-state index is -0.334. The Kier molecular flexibility index (Phi) is 5.32. The van der Waals surface area contributed by atoms with Crippen LogP contribution < -0.4 is 10.2 Å². The Labute approximate surface area is 184 Å². The van der Waals surface area contributed by atoms with Crippen LogP contribution in [0.25, 0.3) is 11.4 Å². The van der Waals surface area contributed by atoms with Crippen molar-refractivity contribution in [1.29, 1.82) is 0 Å². The lowest BCUT2D eigenvalue weighted by atomic mass is 10.0. The number of carbonyl (C=O) groups is 1. The van der Waals surface area contributed by atoms with Gasteiger partial charge in [0, 0.05) is 18.0 Å². The number of nitrogens with one attached hydrogen (secondary N) is 1. The second-order valence-corrected chi connectivity index (χ2v) is 7.63. The van der Waals surface area contributed by atoms with Crippen molar-refractivity contribution in [2.75, 3.05) is 6.61 Å². The van der Waals surface area contributed by atoms with Gasteiger partial charge in [-0.15, -0.1) is 0 Å². The summed E-state index contributed by atoms with van der Waals surface area (Å²) in [7, 11) is 0. The van der Waals surface area contributed by atoms with Crippen molar-refractivity contribution in [3.63, 3.8) is 0 Å². The predicted molar refractivity (Wildman–Crippen MR) is 113 cm³/mol. The van der Waals surface area contributed by atoms with Gasteiger partial charge in [-0.1, -0.05) is 17.3 Å². The first-order chi connectivity index (χ1) is 15.6. The Balaban J connectivity index is 1.25. The summed E-state index contributed by atoms with van der Waals surface area (Å²) >= 11 is 0. The van der Waals surface area contributed by atoms with Crippen LogP contribution in [-0.4, -0.2) is 38.6 Å². The van der Waals surface area contributed by atoms with Crippen LogP contribution in [-0.2, 0) is 11.3 Å². The molecule has 2 aliphatic heterocycles. The van der Waals surface area contributed by atoms with E-state index in [9.17, 15) is 9.18 Å². The van der Waals surface area contributed by atoms with Gasteiger partial charge in [0.15, 0.2) is 0 Å². The highest BCUT2D eigenvalue weighted by Crippen LogP contribution is 2.32. The van der Waals surface area contributed by atoms with E-state index in [1.165, 1.54) is 12.1 Å². The number of ether oxygens (including phenoxy) is 1. The maximum absolute atomic E-state index is 13.1. The molecule has 2 aromatic carbocycles. The van der Waals surface area contributed by atoms with Crippen molar-refractivity contribution in [3.8, 4) is 17.1 Å². The van der Waals surface area contributed by atoms with Crippen LogP contribution in [0.1, 0.15) is 30.8 Å². The molecule has 0 radical (unpaired) electrons. The number of benzene rings is 2. The number of hydrogen-bond donors (Lipinski definition) is 1. The molecule has 2 unspecified atom stereocenters. The van der Waals surface area contributed by atoms with Crippen LogP contribution in [0.4, 0.5) is 4.39 Å². The van der Waals surface area contributed by atoms with Gasteiger partial charge in [0.05, 0.1) is 12.6 Å². The largest absolute Gasteiger partial charge is 0.494 e. The molecule has 2 aliphatic rings. The summed E-state index contributed by atoms with van der Waals surface area (Å²) in [5.74, 6) is 1.11. The van der Waals surface area contributed by atoms with Crippen LogP contribution in [0.15, 0.2) is 65.5 Å². The number of fused-ring (bicyclic) bond motifs is 1. The first-order valence-electron chi connectivity index (χ1n) is 10.5. The van der Waals surface area contributed by atoms with Gasteiger partial charge in [0.25, 0.3) is 5.91 Å². The Bertz CT molecular complexity index is 1130. The second-order valence-electron chi connectivity index (χ2n) is 7.63. The molecule has 1 fully saturated rings. The number of hydrazine groups is 1. The average molecular weight is 435 g/mol. The zero-order valence-corrected chi connectivity index (χ0v) is 17.4. The smallest absolute Gasteiger partial charge is 0.251 e. The molecule has 0 aliphatic carbocycles. The maximum atomic E-state index is 13.1. The number of halogens is 1. The number of hydrogen-bond acceptors (Lipinski definition) is 7. The zero-order valence-electron chi connectivity index (χ0n) is 17.4. The highest BCUT2D eigenvalue weighted by Gasteiger charge is 2.40. The summed E-state index contributed by atoms with van der Waals surface area (Å²) in [6.07, 6.45) is 4.18. The lowest BCUT2D eigenvalue weighted by Crippen LogP contribution is -2.47. The molecule has 8 nitrogen and oxygen atoms in total. The van der Waals surface area contributed by atoms with E-state index in [2.05, 4.69) is 15.6 Å². The number of rotatable bonds is 6. The Morgan fingerprint density at radius 1 is 1.16 bits per heavy atom. The molecule has 0 bridgehead atoms. The third kappa shape index (κ3) is 3.94. The minimum absolute atomic E-state index is 0.0257. The minimum Gasteiger partial charge on any atom is -0.494 e. The molecule has 32 heavy (non-hydrogen) atoms. The van der Waals surface area contributed by atoms with Crippen LogP contribution in [0, 0.1) is 5.82 Å². The number of carbonyl (C=O) groups excluding carboxylic acids is 1. The van der Waals surface area contributed by atoms with Crippen LogP contribution in [0.2, 0.25) is 0 Å². The van der Waals surface area contributed by atoms with Crippen LogP contribution in [0.5, 0.6) is 5.75 Å². The third-order valence-electron chi connectivity index (χ3n) is 5.54. The third-order valence-corrected chi connectivity index (χ3v) is 5.54. The quantitative estimate of drug-likeness (QED) is 0.635. The molecular weight excluding hydrogens is 413 g/mol. The van der Waals surface area contributed by atoms with E-state index >= 15 is 0 Å². The van der Waals surface area contributed by atoms with Gasteiger partial charge in [0.1, 0.15) is 24.2 Å². The van der Waals surface area contributed by atoms with Crippen molar-refractivity contribution in [3.05, 3.63) is 78.2 Å². The van der Waals surface area contributed by atoms with Gasteiger partial charge in [-0.05, 0) is 55.3 Å². The molecule has 0 saturated carbocycles. The van der Waals surface area contributed by atoms with Gasteiger partial charge in [-0.3, -0.25) is 4.79 Å². The predicted octanol–water partition coefficient (Wildman–Crippen LogP) is 3.41. The summed E-state index contributed by atoms with van der Waals surface area (Å²) in [6, 6.07) is 13.5. The lowest BCUT2D eigenvalue weighted by molar-refractivity contribution is -0.135. The average Bonchev–Trinajstić information content (AvgIpc) is 3.45. The molecule has 5 rings (SSSR count). The molecule has 1 amide bonds. The van der Waals surface area contributed by atoms with Crippen molar-refractivity contribution in [2.45, 2.75) is 32.0 Å². The molecule has 1 aromatic heterocycles. The molecule has 2 atom stereocenters. The fourth-order valence-electron chi connectivity index (χ4n) is 3.93. The van der Waals surface area contributed by atoms with Crippen molar-refractivity contribution in [1.82, 2.24) is 25.5 Å². The Morgan fingerprint density at radius 2 is 1.94 bits per heavy atom. The molecule has 164 valence electrons. The summed E-state index contributed by atoms with van der Waals surface area (Å²) < 4.78 is 23.9. The van der Waals surface area contributed by atoms with Gasteiger partial charge in [-0.25, -0.2) is 9.82 Å². The van der Waals surface area contributed by atoms with Crippen molar-refractivity contribution < 1.29 is 18.4 Å². The number of amides is 1. The van der Waals surface area contributed by atoms with Crippen LogP contribution >= 0.6 is 0 Å². The van der Waals surface area contributed by atoms with E-state index < -0.39 is 0 Å². The van der Waals surface area contributed by atoms with Gasteiger partial charge >= 0.3 is 0 Å². The summed E-state index contributed by atoms with van der Waals surface area (Å²) in [6.45, 7) is 2.74. The first-order valence-corrected chi connectivity index (χ1v) is 10.5. The van der Waals surface area contributed by atoms with Gasteiger partial charge in [-0.2, -0.15) is 4.98 Å². The van der Waals surface area contributed by atoms with E-state index in [-0.39, 0.29) is 30.4 Å². The molecule has 1 N–H and O–H groups in total. The fraction of sp³-hybridized carbons (Fsp3) is 0.261. The summed E-state index contributed by atoms with van der Waals surface area (Å²) in [5.41, 5.74) is 5.12. The van der Waals surface area contributed by atoms with E-state index in [1.54, 1.807) is 23.2 Å². The fourth-order valence-corrected chi connectivity index (χ4v) is 3.93. The number of nitrogens with zero attached hydrogens (tertiary/aromatic N) is 4. The molecule has 3 heterocycles. The Morgan fingerprint density at radius 3 is 2.69 bits per heavy atom. The monoisotopic (exact) mass is 435 g/mol. The van der Waals surface area contributed by atoms with E-state index in [1.807, 2.05) is 42.4 Å². The highest BCUT2D eigenvalue weighted by molar-refractivity contribution is 5.84. The lowest BCUT2D eigenvalue weighted by Gasteiger charge is -2.30. The first kappa shape index (κ1) is 20.2. The topological polar surface area (TPSA) is 83.7 Å². The highest BCUT2D eigenvalue weighted by atomic mass is 19.1. The van der Waals surface area contributed by atoms with Gasteiger partial charge < -0.3 is 19.2 Å². The normalized spacial score (nSPS) is 20.0. The van der Waals surface area contributed by atoms with Crippen LogP contribution in [0.3, 0.4) is 0 Å². The standard InChI is InChI=1S/C23H22FN5O3/c1-2-31-18-9-5-15(6-10-18)19-13-20-23(30)28(11-12-29(20)26-19)14-21-25-22(27-32-21)16-3-7-17(24)8-4-16/h3-12,19-20,26H,2,13-14H2,1H3. The van der Waals surface area contributed by atoms with E-state index in [0.29, 0.717) is 30.3 Å². The number of aromatic nitrogens is 2. The second kappa shape index (κ2) is 8.43. The molecule has 3 aromatic rings. The SMILES string of the molecule is CCOc1ccc(C2CC3C(=O)N(Cc4nc(-c5ccc(F)cc5)no4)C=CN3N2)cc1. The summed E-state index contributed by atoms with van der Waals surface area (Å²) in [5, 5.41) is 5.79. The summed E-state index contributed by atoms with van der Waals surface area (Å²) in [4.78, 5) is 19.0. The zero-order chi connectivity index (χ0) is 22.1.